The van der Waals surface area contributed by atoms with Gasteiger partial charge in [-0.05, 0) is 50.6 Å². The second kappa shape index (κ2) is 9.10. The van der Waals surface area contributed by atoms with E-state index in [0.717, 1.165) is 4.90 Å². The Morgan fingerprint density at radius 2 is 1.64 bits per heavy atom. The number of aliphatic hydroxyl groups excluding tert-OH is 2. The number of hydrogen-bond donors (Lipinski definition) is 5. The normalized spacial score (nSPS) is 26.9. The van der Waals surface area contributed by atoms with Crippen molar-refractivity contribution in [2.24, 2.45) is 17.6 Å². The fourth-order valence-electron chi connectivity index (χ4n) is 6.94. The Labute approximate surface area is 238 Å². The van der Waals surface area contributed by atoms with E-state index in [0.29, 0.717) is 5.56 Å². The highest BCUT2D eigenvalue weighted by atomic mass is 16.3. The highest BCUT2D eigenvalue weighted by Gasteiger charge is 2.64. The molecule has 1 saturated carbocycles. The van der Waals surface area contributed by atoms with E-state index >= 15 is 0 Å². The lowest BCUT2D eigenvalue weighted by molar-refractivity contribution is -0.153. The molecule has 1 fully saturated rings. The summed E-state index contributed by atoms with van der Waals surface area (Å²) in [5, 5.41) is 45.3. The molecule has 0 aromatic heterocycles. The van der Waals surface area contributed by atoms with Crippen LogP contribution in [0.1, 0.15) is 43.8 Å². The first kappa shape index (κ1) is 27.4. The number of aromatic hydroxyl groups is 1. The van der Waals surface area contributed by atoms with Crippen molar-refractivity contribution in [3.05, 3.63) is 81.1 Å². The number of rotatable bonds is 4. The molecule has 1 heterocycles. The molecule has 0 saturated heterocycles. The van der Waals surface area contributed by atoms with Gasteiger partial charge in [0, 0.05) is 17.1 Å². The molecule has 4 atom stereocenters. The molecule has 1 unspecified atom stereocenters. The van der Waals surface area contributed by atoms with Gasteiger partial charge in [-0.3, -0.25) is 33.8 Å². The zero-order valence-electron chi connectivity index (χ0n) is 22.6. The van der Waals surface area contributed by atoms with Gasteiger partial charge >= 0.3 is 0 Å². The van der Waals surface area contributed by atoms with Crippen LogP contribution in [-0.2, 0) is 27.3 Å². The first-order valence-corrected chi connectivity index (χ1v) is 13.2. The second-order valence-electron chi connectivity index (χ2n) is 11.3. The highest BCUT2D eigenvalue weighted by molar-refractivity contribution is 6.24. The molecule has 2 aromatic rings. The summed E-state index contributed by atoms with van der Waals surface area (Å²) in [6, 6.07) is 8.28. The smallest absolute Gasteiger partial charge is 0.261 e. The molecule has 42 heavy (non-hydrogen) atoms. The van der Waals surface area contributed by atoms with Gasteiger partial charge in [-0.2, -0.15) is 0 Å². The maximum absolute atomic E-state index is 14.0. The number of phenols is 1. The number of hydrogen-bond acceptors (Lipinski definition) is 10. The standard InChI is InChI=1S/C30H27N3O9/c1-32(2)21-17-10-14-9-12-7-8-13(11-33-28(40)15-5-3-4-6-16(15)29(33)41)22(34)18(12)23(35)19(14)25(37)30(17,42)26(38)20(24(21)36)27(31)39/h3-8,14,17,21,34-35,38,42H,9-11H2,1-2H3,(H2,31,39)/t14?,17-,21-,30-/m0/s1. The Kier molecular flexibility index (Phi) is 5.93. The van der Waals surface area contributed by atoms with Crippen LogP contribution in [0.5, 0.6) is 5.75 Å². The number of phenolic OH excluding ortho intramolecular Hbond substituents is 1. The molecule has 12 heteroatoms. The van der Waals surface area contributed by atoms with E-state index in [4.69, 9.17) is 5.73 Å². The zero-order valence-corrected chi connectivity index (χ0v) is 22.6. The van der Waals surface area contributed by atoms with Crippen molar-refractivity contribution in [1.29, 1.82) is 0 Å². The van der Waals surface area contributed by atoms with Crippen molar-refractivity contribution in [1.82, 2.24) is 9.80 Å². The number of Topliss-reactive ketones (excluding diaryl/α,β-unsaturated/α-hetero) is 2. The average molecular weight is 574 g/mol. The van der Waals surface area contributed by atoms with Crippen LogP contribution >= 0.6 is 0 Å². The molecule has 0 bridgehead atoms. The molecule has 216 valence electrons. The Balaban J connectivity index is 1.44. The van der Waals surface area contributed by atoms with Gasteiger partial charge in [0.05, 0.1) is 29.3 Å². The molecular formula is C30H27N3O9. The molecule has 0 spiro atoms. The molecule has 4 aliphatic rings. The minimum atomic E-state index is -2.74. The maximum atomic E-state index is 14.0. The topological polar surface area (TPSA) is 199 Å². The van der Waals surface area contributed by atoms with E-state index in [2.05, 4.69) is 0 Å². The first-order valence-electron chi connectivity index (χ1n) is 13.2. The Hall–Kier alpha value is -4.81. The van der Waals surface area contributed by atoms with Gasteiger partial charge in [0.2, 0.25) is 5.78 Å². The lowest BCUT2D eigenvalue weighted by Crippen LogP contribution is -2.65. The number of fused-ring (bicyclic) bond motifs is 4. The molecule has 12 nitrogen and oxygen atoms in total. The molecule has 3 aliphatic carbocycles. The van der Waals surface area contributed by atoms with Crippen molar-refractivity contribution in [2.75, 3.05) is 14.1 Å². The predicted molar refractivity (Wildman–Crippen MR) is 145 cm³/mol. The van der Waals surface area contributed by atoms with E-state index in [1.54, 1.807) is 18.2 Å². The lowest BCUT2D eigenvalue weighted by Gasteiger charge is -2.50. The van der Waals surface area contributed by atoms with Crippen molar-refractivity contribution in [2.45, 2.75) is 31.0 Å². The molecular weight excluding hydrogens is 546 g/mol. The number of primary amides is 1. The summed E-state index contributed by atoms with van der Waals surface area (Å²) in [6.45, 7) is -0.310. The third-order valence-corrected chi connectivity index (χ3v) is 8.88. The minimum Gasteiger partial charge on any atom is -0.508 e. The highest BCUT2D eigenvalue weighted by Crippen LogP contribution is 2.53. The second-order valence-corrected chi connectivity index (χ2v) is 11.3. The number of ketones is 2. The van der Waals surface area contributed by atoms with Gasteiger partial charge in [-0.25, -0.2) is 0 Å². The molecule has 6 N–H and O–H groups in total. The number of nitrogens with two attached hydrogens (primary N) is 1. The predicted octanol–water partition coefficient (Wildman–Crippen LogP) is 0.760. The number of imide groups is 1. The van der Waals surface area contributed by atoms with E-state index in [1.807, 2.05) is 0 Å². The number of aliphatic hydroxyl groups is 3. The SMILES string of the molecule is CN(C)[C@@H]1C(=O)C(C(N)=O)=C(O)[C@@]2(O)C(=O)C3=C(O)c4c(ccc(CN5C(=O)c6ccccc6C5=O)c4O)CC3C[C@@H]12. The summed E-state index contributed by atoms with van der Waals surface area (Å²) in [7, 11) is 3.06. The van der Waals surface area contributed by atoms with Crippen LogP contribution in [0, 0.1) is 11.8 Å². The zero-order chi connectivity index (χ0) is 30.4. The number of nitrogens with zero attached hydrogens (tertiary/aromatic N) is 2. The third kappa shape index (κ3) is 3.45. The summed E-state index contributed by atoms with van der Waals surface area (Å²) < 4.78 is 0. The Bertz CT molecular complexity index is 1690. The summed E-state index contributed by atoms with van der Waals surface area (Å²) >= 11 is 0. The number of likely N-dealkylation sites (N-methyl/N-ethyl adjacent to an activating group) is 1. The summed E-state index contributed by atoms with van der Waals surface area (Å²) in [6.07, 6.45) is 0.110. The number of carbonyl (C=O) groups excluding carboxylic acids is 5. The van der Waals surface area contributed by atoms with Crippen LogP contribution in [0.3, 0.4) is 0 Å². The Morgan fingerprint density at radius 3 is 2.21 bits per heavy atom. The van der Waals surface area contributed by atoms with E-state index < -0.39 is 75.6 Å². The van der Waals surface area contributed by atoms with Gasteiger partial charge in [0.1, 0.15) is 22.8 Å². The lowest BCUT2D eigenvalue weighted by atomic mass is 9.57. The molecule has 1 aliphatic heterocycles. The van der Waals surface area contributed by atoms with Crippen LogP contribution in [0.2, 0.25) is 0 Å². The van der Waals surface area contributed by atoms with E-state index in [1.165, 1.54) is 37.2 Å². The molecule has 3 amide bonds. The number of carbonyl (C=O) groups is 5. The largest absolute Gasteiger partial charge is 0.508 e. The van der Waals surface area contributed by atoms with E-state index in [9.17, 15) is 44.4 Å². The third-order valence-electron chi connectivity index (χ3n) is 8.88. The van der Waals surface area contributed by atoms with E-state index in [-0.39, 0.29) is 47.2 Å². The quantitative estimate of drug-likeness (QED) is 0.257. The van der Waals surface area contributed by atoms with Crippen LogP contribution in [0.25, 0.3) is 5.76 Å². The van der Waals surface area contributed by atoms with Gasteiger partial charge < -0.3 is 26.2 Å². The summed E-state index contributed by atoms with van der Waals surface area (Å²) in [5.74, 6) is -8.47. The van der Waals surface area contributed by atoms with Crippen molar-refractivity contribution in [3.8, 4) is 5.75 Å². The van der Waals surface area contributed by atoms with Gasteiger partial charge in [-0.1, -0.05) is 24.3 Å². The van der Waals surface area contributed by atoms with Gasteiger partial charge in [0.25, 0.3) is 17.7 Å². The van der Waals surface area contributed by atoms with Crippen LogP contribution in [-0.4, -0.2) is 85.3 Å². The fraction of sp³-hybridized carbons (Fsp3) is 0.300. The monoisotopic (exact) mass is 573 g/mol. The maximum Gasteiger partial charge on any atom is 0.261 e. The summed E-state index contributed by atoms with van der Waals surface area (Å²) in [4.78, 5) is 67.4. The number of amides is 3. The fourth-order valence-corrected chi connectivity index (χ4v) is 6.94. The van der Waals surface area contributed by atoms with Crippen molar-refractivity contribution < 1.29 is 44.4 Å². The molecule has 0 radical (unpaired) electrons. The van der Waals surface area contributed by atoms with Crippen LogP contribution < -0.4 is 5.73 Å². The van der Waals surface area contributed by atoms with Gasteiger partial charge in [0.15, 0.2) is 11.4 Å². The molecule has 6 rings (SSSR count). The molecule has 2 aromatic carbocycles. The summed E-state index contributed by atoms with van der Waals surface area (Å²) in [5.41, 5.74) is 2.38. The van der Waals surface area contributed by atoms with Crippen LogP contribution in [0.4, 0.5) is 0 Å². The Morgan fingerprint density at radius 1 is 1.02 bits per heavy atom. The van der Waals surface area contributed by atoms with Gasteiger partial charge in [-0.15, -0.1) is 0 Å². The first-order chi connectivity index (χ1) is 19.8. The minimum absolute atomic E-state index is 0.0245. The van der Waals surface area contributed by atoms with Crippen LogP contribution in [0.15, 0.2) is 53.3 Å². The average Bonchev–Trinajstić information content (AvgIpc) is 3.16. The number of benzene rings is 2. The van der Waals surface area contributed by atoms with Crippen molar-refractivity contribution >= 4 is 35.0 Å². The van der Waals surface area contributed by atoms with Crippen molar-refractivity contribution in [3.63, 3.8) is 0 Å².